The van der Waals surface area contributed by atoms with E-state index in [-0.39, 0.29) is 23.0 Å². The molecule has 2 fully saturated rings. The molecule has 1 aromatic carbocycles. The second kappa shape index (κ2) is 9.15. The van der Waals surface area contributed by atoms with Gasteiger partial charge in [0.1, 0.15) is 12.0 Å². The van der Waals surface area contributed by atoms with Crippen molar-refractivity contribution in [2.45, 2.75) is 19.8 Å². The molecule has 4 aromatic rings. The van der Waals surface area contributed by atoms with E-state index in [2.05, 4.69) is 19.9 Å². The number of benzene rings is 1. The van der Waals surface area contributed by atoms with Crippen molar-refractivity contribution in [1.82, 2.24) is 24.8 Å². The molecule has 3 aromatic heterocycles. The van der Waals surface area contributed by atoms with Gasteiger partial charge >= 0.3 is 0 Å². The zero-order chi connectivity index (χ0) is 25.6. The molecule has 0 saturated carbocycles. The molecule has 2 aliphatic rings. The van der Waals surface area contributed by atoms with Crippen LogP contribution in [-0.4, -0.2) is 70.8 Å². The molecular formula is C26H26FN5O5. The molecule has 5 heterocycles. The molecule has 11 heteroatoms. The Morgan fingerprint density at radius 3 is 2.73 bits per heavy atom. The van der Waals surface area contributed by atoms with Crippen LogP contribution in [0.25, 0.3) is 21.9 Å². The number of pyridine rings is 1. The number of aromatic nitrogens is 4. The standard InChI is InChI=1S/C26H26FN5O5/c1-15-6-17-23(27)21(9-28-24(17)31-15)37-25-16-7-19(34-2)20(8-18(16)29-14-30-25)36-5-3-4-22(33)32-10-26(11-32)12-35-13-26/h6-9,14H,3-5,10-13H2,1-2H3,(H,28,31). The van der Waals surface area contributed by atoms with Crippen LogP contribution in [0.5, 0.6) is 23.1 Å². The fourth-order valence-corrected chi connectivity index (χ4v) is 4.80. The van der Waals surface area contributed by atoms with E-state index in [9.17, 15) is 4.79 Å². The molecule has 1 amide bonds. The molecule has 192 valence electrons. The first kappa shape index (κ1) is 23.4. The number of nitrogens with one attached hydrogen (secondary N) is 1. The lowest BCUT2D eigenvalue weighted by Gasteiger charge is -2.55. The van der Waals surface area contributed by atoms with Crippen molar-refractivity contribution < 1.29 is 28.1 Å². The molecule has 37 heavy (non-hydrogen) atoms. The molecule has 0 unspecified atom stereocenters. The number of halogens is 1. The average Bonchev–Trinajstić information content (AvgIpc) is 3.22. The highest BCUT2D eigenvalue weighted by molar-refractivity contribution is 5.87. The number of nitrogens with zero attached hydrogens (tertiary/aromatic N) is 4. The van der Waals surface area contributed by atoms with Crippen molar-refractivity contribution in [3.8, 4) is 23.1 Å². The van der Waals surface area contributed by atoms with Gasteiger partial charge in [-0.1, -0.05) is 0 Å². The molecule has 6 rings (SSSR count). The molecule has 1 N–H and O–H groups in total. The third kappa shape index (κ3) is 4.29. The minimum Gasteiger partial charge on any atom is -0.493 e. The smallest absolute Gasteiger partial charge is 0.230 e. The maximum Gasteiger partial charge on any atom is 0.230 e. The number of rotatable bonds is 8. The van der Waals surface area contributed by atoms with E-state index in [1.165, 1.54) is 19.6 Å². The molecule has 2 aliphatic heterocycles. The normalized spacial score (nSPS) is 16.0. The highest BCUT2D eigenvalue weighted by Gasteiger charge is 2.50. The second-order valence-electron chi connectivity index (χ2n) is 9.65. The Labute approximate surface area is 211 Å². The summed E-state index contributed by atoms with van der Waals surface area (Å²) < 4.78 is 37.6. The third-order valence-corrected chi connectivity index (χ3v) is 6.80. The van der Waals surface area contributed by atoms with E-state index < -0.39 is 5.82 Å². The van der Waals surface area contributed by atoms with Gasteiger partial charge in [-0.25, -0.2) is 19.3 Å². The Morgan fingerprint density at radius 1 is 1.14 bits per heavy atom. The number of methoxy groups -OCH3 is 1. The first-order valence-electron chi connectivity index (χ1n) is 12.1. The van der Waals surface area contributed by atoms with E-state index in [1.54, 1.807) is 18.2 Å². The Morgan fingerprint density at radius 2 is 1.97 bits per heavy atom. The Balaban J connectivity index is 1.14. The summed E-state index contributed by atoms with van der Waals surface area (Å²) in [5, 5.41) is 0.865. The number of ether oxygens (including phenoxy) is 4. The zero-order valence-electron chi connectivity index (χ0n) is 20.5. The fraction of sp³-hybridized carbons (Fsp3) is 0.385. The summed E-state index contributed by atoms with van der Waals surface area (Å²) in [4.78, 5) is 30.0. The van der Waals surface area contributed by atoms with Gasteiger partial charge < -0.3 is 28.8 Å². The number of likely N-dealkylation sites (tertiary alicyclic amines) is 1. The maximum absolute atomic E-state index is 15.0. The summed E-state index contributed by atoms with van der Waals surface area (Å²) in [5.41, 5.74) is 2.00. The second-order valence-corrected chi connectivity index (χ2v) is 9.65. The number of aromatic amines is 1. The third-order valence-electron chi connectivity index (χ3n) is 6.80. The lowest BCUT2D eigenvalue weighted by atomic mass is 9.78. The summed E-state index contributed by atoms with van der Waals surface area (Å²) >= 11 is 0. The lowest BCUT2D eigenvalue weighted by molar-refractivity contribution is -0.195. The Kier molecular flexibility index (Phi) is 5.79. The zero-order valence-corrected chi connectivity index (χ0v) is 20.5. The number of amides is 1. The van der Waals surface area contributed by atoms with Crippen LogP contribution in [0.1, 0.15) is 18.5 Å². The van der Waals surface area contributed by atoms with Crippen LogP contribution < -0.4 is 14.2 Å². The molecule has 0 aliphatic carbocycles. The van der Waals surface area contributed by atoms with Crippen LogP contribution in [0, 0.1) is 18.2 Å². The molecular weight excluding hydrogens is 481 g/mol. The van der Waals surface area contributed by atoms with Crippen molar-refractivity contribution in [1.29, 1.82) is 0 Å². The fourth-order valence-electron chi connectivity index (χ4n) is 4.80. The van der Waals surface area contributed by atoms with Gasteiger partial charge in [-0.05, 0) is 25.5 Å². The van der Waals surface area contributed by atoms with Crippen molar-refractivity contribution in [2.75, 3.05) is 40.0 Å². The lowest BCUT2D eigenvalue weighted by Crippen LogP contribution is -2.67. The highest BCUT2D eigenvalue weighted by atomic mass is 19.1. The highest BCUT2D eigenvalue weighted by Crippen LogP contribution is 2.39. The molecule has 1 spiro atoms. The first-order chi connectivity index (χ1) is 17.9. The van der Waals surface area contributed by atoms with Gasteiger partial charge in [0.25, 0.3) is 0 Å². The van der Waals surface area contributed by atoms with Crippen LogP contribution in [0.15, 0.2) is 30.7 Å². The number of fused-ring (bicyclic) bond motifs is 2. The van der Waals surface area contributed by atoms with Gasteiger partial charge in [0.2, 0.25) is 11.8 Å². The van der Waals surface area contributed by atoms with Gasteiger partial charge in [-0.15, -0.1) is 0 Å². The number of carbonyl (C=O) groups is 1. The summed E-state index contributed by atoms with van der Waals surface area (Å²) in [5.74, 6) is 0.653. The Hall–Kier alpha value is -3.99. The monoisotopic (exact) mass is 507 g/mol. The van der Waals surface area contributed by atoms with Gasteiger partial charge in [0.05, 0.1) is 54.8 Å². The van der Waals surface area contributed by atoms with Crippen LogP contribution in [0.3, 0.4) is 0 Å². The Bertz CT molecular complexity index is 1490. The average molecular weight is 508 g/mol. The largest absolute Gasteiger partial charge is 0.493 e. The van der Waals surface area contributed by atoms with Crippen LogP contribution in [0.4, 0.5) is 4.39 Å². The van der Waals surface area contributed by atoms with E-state index in [1.807, 2.05) is 11.8 Å². The minimum atomic E-state index is -0.531. The number of aryl methyl sites for hydroxylation is 1. The number of carbonyl (C=O) groups excluding carboxylic acids is 1. The van der Waals surface area contributed by atoms with Crippen molar-refractivity contribution in [2.24, 2.45) is 5.41 Å². The van der Waals surface area contributed by atoms with Gasteiger partial charge in [-0.3, -0.25) is 4.79 Å². The minimum absolute atomic E-state index is 0.0478. The first-order valence-corrected chi connectivity index (χ1v) is 12.1. The number of H-pyrrole nitrogens is 1. The van der Waals surface area contributed by atoms with Crippen LogP contribution in [-0.2, 0) is 9.53 Å². The summed E-state index contributed by atoms with van der Waals surface area (Å²) in [7, 11) is 1.53. The predicted molar refractivity (Wildman–Crippen MR) is 132 cm³/mol. The van der Waals surface area contributed by atoms with Gasteiger partial charge in [0, 0.05) is 31.3 Å². The molecule has 10 nitrogen and oxygen atoms in total. The molecule has 0 bridgehead atoms. The van der Waals surface area contributed by atoms with E-state index in [4.69, 9.17) is 18.9 Å². The topological polar surface area (TPSA) is 112 Å². The molecule has 0 radical (unpaired) electrons. The van der Waals surface area contributed by atoms with E-state index in [0.717, 1.165) is 32.0 Å². The number of hydrogen-bond donors (Lipinski definition) is 1. The maximum atomic E-state index is 15.0. The van der Waals surface area contributed by atoms with Crippen LogP contribution in [0.2, 0.25) is 0 Å². The molecule has 2 saturated heterocycles. The molecule has 0 atom stereocenters. The summed E-state index contributed by atoms with van der Waals surface area (Å²) in [6.07, 6.45) is 3.64. The van der Waals surface area contributed by atoms with Crippen molar-refractivity contribution in [3.63, 3.8) is 0 Å². The SMILES string of the molecule is COc1cc2c(Oc3cnc4[nH]c(C)cc4c3F)ncnc2cc1OCCCC(=O)N1CC2(COC2)C1. The predicted octanol–water partition coefficient (Wildman–Crippen LogP) is 3.77. The van der Waals surface area contributed by atoms with Gasteiger partial charge in [0.15, 0.2) is 23.1 Å². The van der Waals surface area contributed by atoms with Gasteiger partial charge in [-0.2, -0.15) is 0 Å². The van der Waals surface area contributed by atoms with E-state index >= 15 is 4.39 Å². The van der Waals surface area contributed by atoms with Crippen LogP contribution >= 0.6 is 0 Å². The summed E-state index contributed by atoms with van der Waals surface area (Å²) in [6, 6.07) is 5.08. The summed E-state index contributed by atoms with van der Waals surface area (Å²) in [6.45, 7) is 5.26. The quantitative estimate of drug-likeness (QED) is 0.359. The van der Waals surface area contributed by atoms with E-state index in [0.29, 0.717) is 52.9 Å². The number of hydrogen-bond acceptors (Lipinski definition) is 8. The van der Waals surface area contributed by atoms with Crippen molar-refractivity contribution >= 4 is 27.8 Å². The van der Waals surface area contributed by atoms with Crippen molar-refractivity contribution in [3.05, 3.63) is 42.2 Å².